The van der Waals surface area contributed by atoms with E-state index in [0.29, 0.717) is 27.8 Å². The van der Waals surface area contributed by atoms with Crippen LogP contribution in [-0.4, -0.2) is 37.8 Å². The molecular formula is C27H29N5O5S2. The number of H-pyrrole nitrogens is 1. The number of aromatic amines is 1. The summed E-state index contributed by atoms with van der Waals surface area (Å²) >= 11 is 5.07. The summed E-state index contributed by atoms with van der Waals surface area (Å²) in [6, 6.07) is 15.5. The van der Waals surface area contributed by atoms with Crippen LogP contribution < -0.4 is 24.8 Å². The van der Waals surface area contributed by atoms with Crippen LogP contribution in [0.1, 0.15) is 26.3 Å². The lowest BCUT2D eigenvalue weighted by molar-refractivity contribution is 0.262. The van der Waals surface area contributed by atoms with E-state index in [2.05, 4.69) is 25.3 Å². The van der Waals surface area contributed by atoms with Gasteiger partial charge in [-0.25, -0.2) is 18.2 Å². The Morgan fingerprint density at radius 1 is 0.974 bits per heavy atom. The zero-order valence-electron chi connectivity index (χ0n) is 22.1. The van der Waals surface area contributed by atoms with Gasteiger partial charge in [-0.15, -0.1) is 0 Å². The Morgan fingerprint density at radius 3 is 2.28 bits per heavy atom. The summed E-state index contributed by atoms with van der Waals surface area (Å²) in [5.74, 6) is 1.18. The van der Waals surface area contributed by atoms with E-state index in [1.807, 2.05) is 45.0 Å². The standard InChI is InChI=1S/C27H29N5O5S2/c1-27(2,3)16-14-20(24(36-4)21(15-16)32-39(5,34)35)30-25(33)29-19-10-11-22(18-9-7-6-8-17(18)19)37-23-12-13-28-26(38)31-23/h6-15,32H,1-5H3,(H,28,31,38)(H2,29,30,33). The first kappa shape index (κ1) is 27.9. The number of hydrogen-bond acceptors (Lipinski definition) is 7. The van der Waals surface area contributed by atoms with Crippen molar-refractivity contribution in [2.24, 2.45) is 0 Å². The molecule has 0 aliphatic carbocycles. The average molecular weight is 568 g/mol. The maximum Gasteiger partial charge on any atom is 0.323 e. The van der Waals surface area contributed by atoms with Crippen LogP contribution in [0, 0.1) is 4.77 Å². The highest BCUT2D eigenvalue weighted by Gasteiger charge is 2.22. The fourth-order valence-electron chi connectivity index (χ4n) is 3.93. The number of urea groups is 1. The molecule has 0 saturated heterocycles. The zero-order chi connectivity index (χ0) is 28.4. The lowest BCUT2D eigenvalue weighted by atomic mass is 9.86. The molecule has 0 bridgehead atoms. The van der Waals surface area contributed by atoms with E-state index in [9.17, 15) is 13.2 Å². The van der Waals surface area contributed by atoms with Gasteiger partial charge in [0, 0.05) is 23.0 Å². The second kappa shape index (κ2) is 10.9. The molecule has 0 saturated carbocycles. The van der Waals surface area contributed by atoms with Crippen molar-refractivity contribution in [3.63, 3.8) is 0 Å². The Balaban J connectivity index is 1.67. The van der Waals surface area contributed by atoms with Gasteiger partial charge in [0.15, 0.2) is 10.5 Å². The molecule has 12 heteroatoms. The largest absolute Gasteiger partial charge is 0.492 e. The van der Waals surface area contributed by atoms with E-state index < -0.39 is 16.1 Å². The third kappa shape index (κ3) is 6.84. The van der Waals surface area contributed by atoms with Gasteiger partial charge in [0.1, 0.15) is 5.75 Å². The van der Waals surface area contributed by atoms with Crippen molar-refractivity contribution in [2.75, 3.05) is 28.7 Å². The lowest BCUT2D eigenvalue weighted by Gasteiger charge is -2.24. The van der Waals surface area contributed by atoms with Crippen molar-refractivity contribution in [3.8, 4) is 17.4 Å². The molecule has 10 nitrogen and oxygen atoms in total. The molecule has 39 heavy (non-hydrogen) atoms. The van der Waals surface area contributed by atoms with Crippen LogP contribution in [-0.2, 0) is 15.4 Å². The van der Waals surface area contributed by atoms with Gasteiger partial charge in [-0.1, -0.05) is 45.0 Å². The maximum absolute atomic E-state index is 13.2. The number of anilines is 3. The second-order valence-corrected chi connectivity index (χ2v) is 11.9. The number of rotatable bonds is 7. The van der Waals surface area contributed by atoms with Crippen LogP contribution >= 0.6 is 12.2 Å². The number of ether oxygens (including phenoxy) is 2. The summed E-state index contributed by atoms with van der Waals surface area (Å²) in [7, 11) is -2.19. The van der Waals surface area contributed by atoms with E-state index in [4.69, 9.17) is 21.7 Å². The molecule has 1 heterocycles. The fraction of sp³-hybridized carbons (Fsp3) is 0.222. The summed E-state index contributed by atoms with van der Waals surface area (Å²) in [5, 5.41) is 7.19. The van der Waals surface area contributed by atoms with Crippen molar-refractivity contribution in [1.82, 2.24) is 9.97 Å². The average Bonchev–Trinajstić information content (AvgIpc) is 2.84. The molecule has 0 aliphatic rings. The number of methoxy groups -OCH3 is 1. The third-order valence-corrected chi connectivity index (χ3v) is 6.50. The molecule has 0 aliphatic heterocycles. The molecule has 0 radical (unpaired) electrons. The highest BCUT2D eigenvalue weighted by molar-refractivity contribution is 7.92. The van der Waals surface area contributed by atoms with Gasteiger partial charge in [0.2, 0.25) is 15.9 Å². The van der Waals surface area contributed by atoms with Crippen LogP contribution in [0.3, 0.4) is 0 Å². The van der Waals surface area contributed by atoms with E-state index in [1.165, 1.54) is 7.11 Å². The topological polar surface area (TPSA) is 134 Å². The summed E-state index contributed by atoms with van der Waals surface area (Å²) in [4.78, 5) is 20.0. The van der Waals surface area contributed by atoms with Crippen molar-refractivity contribution in [3.05, 3.63) is 71.1 Å². The van der Waals surface area contributed by atoms with Crippen molar-refractivity contribution in [2.45, 2.75) is 26.2 Å². The monoisotopic (exact) mass is 567 g/mol. The molecule has 0 spiro atoms. The molecular weight excluding hydrogens is 538 g/mol. The molecule has 204 valence electrons. The van der Waals surface area contributed by atoms with Gasteiger partial charge < -0.3 is 25.1 Å². The van der Waals surface area contributed by atoms with Gasteiger partial charge in [-0.2, -0.15) is 0 Å². The normalized spacial score (nSPS) is 11.6. The minimum atomic E-state index is -3.60. The Kier molecular flexibility index (Phi) is 7.79. The van der Waals surface area contributed by atoms with Crippen LogP contribution in [0.15, 0.2) is 60.8 Å². The maximum atomic E-state index is 13.2. The summed E-state index contributed by atoms with van der Waals surface area (Å²) in [5.41, 5.74) is 1.54. The number of sulfonamides is 1. The Hall–Kier alpha value is -4.16. The summed E-state index contributed by atoms with van der Waals surface area (Å²) in [6.45, 7) is 5.95. The first-order valence-corrected chi connectivity index (χ1v) is 14.2. The molecule has 0 atom stereocenters. The number of aromatic nitrogens is 2. The second-order valence-electron chi connectivity index (χ2n) is 9.81. The Bertz CT molecular complexity index is 1710. The molecule has 0 fully saturated rings. The van der Waals surface area contributed by atoms with E-state index in [1.54, 1.807) is 36.5 Å². The molecule has 3 aromatic carbocycles. The third-order valence-electron chi connectivity index (χ3n) is 5.70. The van der Waals surface area contributed by atoms with E-state index in [-0.39, 0.29) is 16.9 Å². The smallest absolute Gasteiger partial charge is 0.323 e. The van der Waals surface area contributed by atoms with Crippen molar-refractivity contribution in [1.29, 1.82) is 0 Å². The number of nitrogens with zero attached hydrogens (tertiary/aromatic N) is 1. The molecule has 0 unspecified atom stereocenters. The predicted octanol–water partition coefficient (Wildman–Crippen LogP) is 6.41. The van der Waals surface area contributed by atoms with Gasteiger partial charge in [0.25, 0.3) is 0 Å². The van der Waals surface area contributed by atoms with Gasteiger partial charge in [0.05, 0.1) is 30.4 Å². The minimum Gasteiger partial charge on any atom is -0.492 e. The number of amides is 2. The quantitative estimate of drug-likeness (QED) is 0.190. The van der Waals surface area contributed by atoms with Gasteiger partial charge in [-0.3, -0.25) is 4.72 Å². The molecule has 2 amide bonds. The summed E-state index contributed by atoms with van der Waals surface area (Å²) in [6.07, 6.45) is 2.60. The Morgan fingerprint density at radius 2 is 1.64 bits per heavy atom. The van der Waals surface area contributed by atoms with Crippen LogP contribution in [0.4, 0.5) is 21.9 Å². The minimum absolute atomic E-state index is 0.187. The summed E-state index contributed by atoms with van der Waals surface area (Å²) < 4.78 is 38.3. The lowest BCUT2D eigenvalue weighted by Crippen LogP contribution is -2.22. The van der Waals surface area contributed by atoms with Gasteiger partial charge in [-0.05, 0) is 47.5 Å². The molecule has 4 aromatic rings. The number of benzene rings is 3. The van der Waals surface area contributed by atoms with Crippen molar-refractivity contribution < 1.29 is 22.7 Å². The van der Waals surface area contributed by atoms with E-state index >= 15 is 0 Å². The predicted molar refractivity (Wildman–Crippen MR) is 156 cm³/mol. The van der Waals surface area contributed by atoms with Crippen LogP contribution in [0.2, 0.25) is 0 Å². The number of fused-ring (bicyclic) bond motifs is 1. The van der Waals surface area contributed by atoms with Crippen LogP contribution in [0.25, 0.3) is 10.8 Å². The van der Waals surface area contributed by atoms with E-state index in [0.717, 1.165) is 22.6 Å². The van der Waals surface area contributed by atoms with Crippen LogP contribution in [0.5, 0.6) is 17.4 Å². The highest BCUT2D eigenvalue weighted by atomic mass is 32.2. The number of hydrogen-bond donors (Lipinski definition) is 4. The molecule has 4 rings (SSSR count). The first-order chi connectivity index (χ1) is 18.3. The first-order valence-electron chi connectivity index (χ1n) is 11.9. The SMILES string of the molecule is COc1c(NC(=O)Nc2ccc(Oc3ccnc(=S)[nH]3)c3ccccc23)cc(C(C)(C)C)cc1NS(C)(=O)=O. The van der Waals surface area contributed by atoms with Crippen molar-refractivity contribution >= 4 is 56.1 Å². The Labute approximate surface area is 231 Å². The number of carbonyl (C=O) groups is 1. The number of carbonyl (C=O) groups excluding carboxylic acids is 1. The molecule has 4 N–H and O–H groups in total. The fourth-order valence-corrected chi connectivity index (χ4v) is 4.64. The highest BCUT2D eigenvalue weighted by Crippen LogP contribution is 2.39. The zero-order valence-corrected chi connectivity index (χ0v) is 23.7. The number of nitrogens with one attached hydrogen (secondary N) is 4. The van der Waals surface area contributed by atoms with Gasteiger partial charge >= 0.3 is 6.03 Å². The molecule has 1 aromatic heterocycles.